The summed E-state index contributed by atoms with van der Waals surface area (Å²) in [6, 6.07) is 0. The fraction of sp³-hybridized carbons (Fsp3) is 0.933. The number of ether oxygens (including phenoxy) is 1. The molecule has 116 valence electrons. The molecule has 1 heterocycles. The third kappa shape index (κ3) is 4.09. The lowest BCUT2D eigenvalue weighted by Gasteiger charge is -2.39. The summed E-state index contributed by atoms with van der Waals surface area (Å²) in [4.78, 5) is 14.0. The lowest BCUT2D eigenvalue weighted by molar-refractivity contribution is 0.0461. The Balaban J connectivity index is 1.82. The van der Waals surface area contributed by atoms with E-state index in [1.165, 1.54) is 19.3 Å². The molecule has 0 bridgehead atoms. The number of alkyl carbamates (subject to hydrolysis) is 1. The molecule has 1 atom stereocenters. The molecule has 1 spiro atoms. The number of hydrogen-bond acceptors (Lipinski definition) is 4. The first kappa shape index (κ1) is 15.6. The third-order valence-corrected chi connectivity index (χ3v) is 4.47. The normalized spacial score (nSPS) is 25.5. The van der Waals surface area contributed by atoms with Crippen LogP contribution in [0.2, 0.25) is 0 Å². The molecular weight excluding hydrogens is 256 g/mol. The van der Waals surface area contributed by atoms with Gasteiger partial charge in [0.25, 0.3) is 0 Å². The molecule has 0 aromatic rings. The van der Waals surface area contributed by atoms with E-state index >= 15 is 0 Å². The van der Waals surface area contributed by atoms with Crippen molar-refractivity contribution in [1.82, 2.24) is 10.2 Å². The molecule has 0 radical (unpaired) electrons. The molecule has 2 rings (SSSR count). The van der Waals surface area contributed by atoms with Gasteiger partial charge in [-0.2, -0.15) is 0 Å². The van der Waals surface area contributed by atoms with Crippen molar-refractivity contribution in [3.05, 3.63) is 0 Å². The van der Waals surface area contributed by atoms with Crippen LogP contribution in [0.3, 0.4) is 0 Å². The van der Waals surface area contributed by atoms with E-state index in [2.05, 4.69) is 10.2 Å². The Morgan fingerprint density at radius 3 is 2.65 bits per heavy atom. The minimum atomic E-state index is -0.448. The number of amides is 1. The van der Waals surface area contributed by atoms with Crippen LogP contribution in [-0.2, 0) is 4.74 Å². The van der Waals surface area contributed by atoms with Crippen molar-refractivity contribution in [3.63, 3.8) is 0 Å². The molecule has 2 fully saturated rings. The minimum Gasteiger partial charge on any atom is -0.444 e. The number of likely N-dealkylation sites (tertiary alicyclic amines) is 1. The Kier molecular flexibility index (Phi) is 4.59. The van der Waals surface area contributed by atoms with Crippen LogP contribution in [0.4, 0.5) is 4.79 Å². The molecule has 20 heavy (non-hydrogen) atoms. The van der Waals surface area contributed by atoms with Crippen molar-refractivity contribution in [3.8, 4) is 0 Å². The van der Waals surface area contributed by atoms with Crippen LogP contribution in [-0.4, -0.2) is 54.5 Å². The smallest absolute Gasteiger partial charge is 0.407 e. The second kappa shape index (κ2) is 5.90. The molecule has 1 aliphatic carbocycles. The van der Waals surface area contributed by atoms with Crippen LogP contribution in [0.15, 0.2) is 0 Å². The van der Waals surface area contributed by atoms with E-state index in [4.69, 9.17) is 9.84 Å². The number of carbonyl (C=O) groups excluding carboxylic acids is 1. The average Bonchev–Trinajstić information content (AvgIpc) is 3.09. The largest absolute Gasteiger partial charge is 0.444 e. The second-order valence-corrected chi connectivity index (χ2v) is 7.22. The highest BCUT2D eigenvalue weighted by Gasteiger charge is 2.51. The molecule has 1 unspecified atom stereocenters. The second-order valence-electron chi connectivity index (χ2n) is 7.22. The summed E-state index contributed by atoms with van der Waals surface area (Å²) in [5, 5.41) is 12.0. The van der Waals surface area contributed by atoms with Crippen LogP contribution < -0.4 is 5.32 Å². The monoisotopic (exact) mass is 284 g/mol. The molecule has 0 aromatic heterocycles. The highest BCUT2D eigenvalue weighted by atomic mass is 16.6. The van der Waals surface area contributed by atoms with Crippen LogP contribution in [0.25, 0.3) is 0 Å². The number of aliphatic hydroxyl groups excluding tert-OH is 1. The number of aliphatic hydroxyl groups is 1. The van der Waals surface area contributed by atoms with Gasteiger partial charge in [0.05, 0.1) is 6.61 Å². The first-order valence-electron chi connectivity index (χ1n) is 7.65. The van der Waals surface area contributed by atoms with Gasteiger partial charge in [0.2, 0.25) is 0 Å². The maximum Gasteiger partial charge on any atom is 0.407 e. The van der Waals surface area contributed by atoms with Crippen molar-refractivity contribution in [2.45, 2.75) is 45.6 Å². The number of carbonyl (C=O) groups is 1. The van der Waals surface area contributed by atoms with E-state index in [1.54, 1.807) is 0 Å². The van der Waals surface area contributed by atoms with Gasteiger partial charge < -0.3 is 20.1 Å². The Bertz CT molecular complexity index is 348. The molecule has 1 saturated carbocycles. The predicted molar refractivity (Wildman–Crippen MR) is 77.5 cm³/mol. The molecular formula is C15H28N2O3. The molecule has 1 aliphatic heterocycles. The molecule has 2 aliphatic rings. The number of nitrogens with one attached hydrogen (secondary N) is 1. The maximum atomic E-state index is 11.8. The molecule has 0 aromatic carbocycles. The Morgan fingerprint density at radius 2 is 2.10 bits per heavy atom. The van der Waals surface area contributed by atoms with Crippen molar-refractivity contribution in [2.75, 3.05) is 32.8 Å². The van der Waals surface area contributed by atoms with E-state index < -0.39 is 5.60 Å². The first-order valence-corrected chi connectivity index (χ1v) is 7.65. The molecule has 1 saturated heterocycles. The minimum absolute atomic E-state index is 0.208. The summed E-state index contributed by atoms with van der Waals surface area (Å²) in [5.41, 5.74) is -0.00217. The summed E-state index contributed by atoms with van der Waals surface area (Å²) >= 11 is 0. The van der Waals surface area contributed by atoms with Crippen molar-refractivity contribution < 1.29 is 14.6 Å². The first-order chi connectivity index (χ1) is 9.35. The quantitative estimate of drug-likeness (QED) is 0.823. The van der Waals surface area contributed by atoms with Gasteiger partial charge in [0, 0.05) is 19.6 Å². The van der Waals surface area contributed by atoms with E-state index in [-0.39, 0.29) is 12.7 Å². The summed E-state index contributed by atoms with van der Waals surface area (Å²) in [6.45, 7) is 9.28. The molecule has 1 amide bonds. The molecule has 5 nitrogen and oxygen atoms in total. The van der Waals surface area contributed by atoms with E-state index in [0.717, 1.165) is 19.6 Å². The third-order valence-electron chi connectivity index (χ3n) is 4.47. The summed E-state index contributed by atoms with van der Waals surface area (Å²) in [6.07, 6.45) is 3.42. The van der Waals surface area contributed by atoms with Gasteiger partial charge in [-0.25, -0.2) is 4.79 Å². The van der Waals surface area contributed by atoms with Gasteiger partial charge in [-0.1, -0.05) is 0 Å². The van der Waals surface area contributed by atoms with Gasteiger partial charge in [0.1, 0.15) is 5.60 Å². The standard InChI is InChI=1S/C15H28N2O3/c1-14(2,3)20-13(19)16-10-12-11-17(8-9-18)7-6-15(12)4-5-15/h12,18H,4-11H2,1-3H3,(H,16,19). The fourth-order valence-electron chi connectivity index (χ4n) is 3.15. The van der Waals surface area contributed by atoms with E-state index in [9.17, 15) is 4.79 Å². The zero-order valence-corrected chi connectivity index (χ0v) is 12.9. The lowest BCUT2D eigenvalue weighted by atomic mass is 9.82. The van der Waals surface area contributed by atoms with Crippen molar-refractivity contribution >= 4 is 6.09 Å². The van der Waals surface area contributed by atoms with E-state index in [1.807, 2.05) is 20.8 Å². The Morgan fingerprint density at radius 1 is 1.40 bits per heavy atom. The topological polar surface area (TPSA) is 61.8 Å². The van der Waals surface area contributed by atoms with Crippen LogP contribution >= 0.6 is 0 Å². The zero-order chi connectivity index (χ0) is 14.8. The van der Waals surface area contributed by atoms with Gasteiger partial charge in [-0.05, 0) is 57.9 Å². The zero-order valence-electron chi connectivity index (χ0n) is 12.9. The maximum absolute atomic E-state index is 11.8. The van der Waals surface area contributed by atoms with Crippen molar-refractivity contribution in [1.29, 1.82) is 0 Å². The Labute approximate surface area is 121 Å². The number of nitrogens with zero attached hydrogens (tertiary/aromatic N) is 1. The summed E-state index contributed by atoms with van der Waals surface area (Å²) in [7, 11) is 0. The average molecular weight is 284 g/mol. The van der Waals surface area contributed by atoms with Crippen LogP contribution in [0, 0.1) is 11.3 Å². The Hall–Kier alpha value is -0.810. The van der Waals surface area contributed by atoms with Gasteiger partial charge >= 0.3 is 6.09 Å². The fourth-order valence-corrected chi connectivity index (χ4v) is 3.15. The number of piperidine rings is 1. The molecule has 5 heteroatoms. The summed E-state index contributed by atoms with van der Waals surface area (Å²) in [5.74, 6) is 0.482. The van der Waals surface area contributed by atoms with E-state index in [0.29, 0.717) is 17.9 Å². The highest BCUT2D eigenvalue weighted by Crippen LogP contribution is 2.56. The van der Waals surface area contributed by atoms with Gasteiger partial charge in [-0.3, -0.25) is 0 Å². The van der Waals surface area contributed by atoms with Gasteiger partial charge in [0.15, 0.2) is 0 Å². The van der Waals surface area contributed by atoms with Crippen molar-refractivity contribution in [2.24, 2.45) is 11.3 Å². The SMILES string of the molecule is CC(C)(C)OC(=O)NCC1CN(CCO)CCC12CC2. The summed E-state index contributed by atoms with van der Waals surface area (Å²) < 4.78 is 5.29. The van der Waals surface area contributed by atoms with Crippen LogP contribution in [0.5, 0.6) is 0 Å². The number of β-amino-alcohol motifs (C(OH)–C–C–N with tert-alkyl or cyclic N) is 1. The van der Waals surface area contributed by atoms with Gasteiger partial charge in [-0.15, -0.1) is 0 Å². The van der Waals surface area contributed by atoms with Crippen LogP contribution in [0.1, 0.15) is 40.0 Å². The highest BCUT2D eigenvalue weighted by molar-refractivity contribution is 5.67. The number of hydrogen-bond donors (Lipinski definition) is 2. The predicted octanol–water partition coefficient (Wildman–Crippen LogP) is 1.61. The number of rotatable bonds is 4. The molecule has 2 N–H and O–H groups in total. The lowest BCUT2D eigenvalue weighted by Crippen LogP contribution is -2.47.